The van der Waals surface area contributed by atoms with Crippen LogP contribution in [0.2, 0.25) is 0 Å². The molecule has 23 heavy (non-hydrogen) atoms. The quantitative estimate of drug-likeness (QED) is 0.838. The summed E-state index contributed by atoms with van der Waals surface area (Å²) < 4.78 is 26.1. The fourth-order valence-corrected chi connectivity index (χ4v) is 2.61. The Morgan fingerprint density at radius 2 is 2.00 bits per heavy atom. The van der Waals surface area contributed by atoms with Crippen molar-refractivity contribution >= 4 is 17.5 Å². The number of anilines is 1. The zero-order chi connectivity index (χ0) is 16.8. The largest absolute Gasteiger partial charge is 0.336 e. The highest BCUT2D eigenvalue weighted by atomic mass is 19.1. The second-order valence-corrected chi connectivity index (χ2v) is 5.85. The van der Waals surface area contributed by atoms with Crippen LogP contribution in [-0.4, -0.2) is 43.4 Å². The molecule has 0 spiro atoms. The van der Waals surface area contributed by atoms with Gasteiger partial charge in [-0.3, -0.25) is 9.59 Å². The van der Waals surface area contributed by atoms with Crippen molar-refractivity contribution in [3.8, 4) is 0 Å². The molecule has 0 aromatic heterocycles. The molecule has 126 valence electrons. The van der Waals surface area contributed by atoms with Crippen molar-refractivity contribution in [3.05, 3.63) is 29.8 Å². The van der Waals surface area contributed by atoms with E-state index >= 15 is 0 Å². The van der Waals surface area contributed by atoms with E-state index in [1.165, 1.54) is 4.90 Å². The number of hydrogen-bond acceptors (Lipinski definition) is 3. The first-order valence-corrected chi connectivity index (χ1v) is 7.64. The molecule has 1 aromatic rings. The highest BCUT2D eigenvalue weighted by molar-refractivity contribution is 5.94. The number of nitrogens with one attached hydrogen (secondary N) is 2. The minimum Gasteiger partial charge on any atom is -0.336 e. The lowest BCUT2D eigenvalue weighted by Gasteiger charge is -2.18. The fourth-order valence-electron chi connectivity index (χ4n) is 2.61. The molecule has 0 bridgehead atoms. The Kier molecular flexibility index (Phi) is 6.04. The highest BCUT2D eigenvalue weighted by Crippen LogP contribution is 2.15. The number of amides is 2. The van der Waals surface area contributed by atoms with Gasteiger partial charge in [0.25, 0.3) is 0 Å². The van der Waals surface area contributed by atoms with Crippen LogP contribution in [0.4, 0.5) is 14.5 Å². The van der Waals surface area contributed by atoms with E-state index < -0.39 is 17.5 Å². The Bertz CT molecular complexity index is 554. The number of hydrogen-bond donors (Lipinski definition) is 2. The van der Waals surface area contributed by atoms with Gasteiger partial charge in [0.1, 0.15) is 11.6 Å². The van der Waals surface area contributed by atoms with E-state index in [9.17, 15) is 18.4 Å². The van der Waals surface area contributed by atoms with Gasteiger partial charge in [0.2, 0.25) is 11.8 Å². The predicted molar refractivity (Wildman–Crippen MR) is 82.8 cm³/mol. The number of halogens is 2. The van der Waals surface area contributed by atoms with Gasteiger partial charge in [0.15, 0.2) is 0 Å². The standard InChI is InChI=1S/C16H21F2N3O2/c1-21(16(23)3-2-11-4-5-19-9-11)10-15(22)20-14-7-12(17)6-13(18)8-14/h6-8,11,19H,2-5,9-10H2,1H3,(H,20,22). The zero-order valence-electron chi connectivity index (χ0n) is 13.1. The van der Waals surface area contributed by atoms with Gasteiger partial charge in [-0.05, 0) is 44.0 Å². The van der Waals surface area contributed by atoms with Crippen LogP contribution in [0.1, 0.15) is 19.3 Å². The topological polar surface area (TPSA) is 61.4 Å². The van der Waals surface area contributed by atoms with Crippen molar-refractivity contribution in [2.45, 2.75) is 19.3 Å². The summed E-state index contributed by atoms with van der Waals surface area (Å²) in [7, 11) is 1.54. The van der Waals surface area contributed by atoms with Crippen LogP contribution in [-0.2, 0) is 9.59 Å². The maximum Gasteiger partial charge on any atom is 0.243 e. The minimum absolute atomic E-state index is 0.0328. The smallest absolute Gasteiger partial charge is 0.243 e. The molecule has 1 heterocycles. The molecule has 5 nitrogen and oxygen atoms in total. The molecule has 1 fully saturated rings. The third-order valence-electron chi connectivity index (χ3n) is 3.88. The summed E-state index contributed by atoms with van der Waals surface area (Å²) in [5.74, 6) is -1.63. The summed E-state index contributed by atoms with van der Waals surface area (Å²) in [6.45, 7) is 1.77. The van der Waals surface area contributed by atoms with Gasteiger partial charge in [0.05, 0.1) is 6.54 Å². The Hall–Kier alpha value is -2.02. The number of carbonyl (C=O) groups excluding carboxylic acids is 2. The van der Waals surface area contributed by atoms with Crippen LogP contribution < -0.4 is 10.6 Å². The lowest BCUT2D eigenvalue weighted by atomic mass is 10.0. The average Bonchev–Trinajstić information content (AvgIpc) is 2.96. The summed E-state index contributed by atoms with van der Waals surface area (Å²) >= 11 is 0. The average molecular weight is 325 g/mol. The van der Waals surface area contributed by atoms with E-state index in [1.54, 1.807) is 7.05 Å². The first-order valence-electron chi connectivity index (χ1n) is 7.64. The number of benzene rings is 1. The highest BCUT2D eigenvalue weighted by Gasteiger charge is 2.18. The SMILES string of the molecule is CN(CC(=O)Nc1cc(F)cc(F)c1)C(=O)CCC1CCNC1. The van der Waals surface area contributed by atoms with Gasteiger partial charge in [-0.1, -0.05) is 0 Å². The van der Waals surface area contributed by atoms with E-state index in [-0.39, 0.29) is 18.1 Å². The molecule has 1 unspecified atom stereocenters. The normalized spacial score (nSPS) is 17.1. The van der Waals surface area contributed by atoms with Crippen LogP contribution in [0, 0.1) is 17.6 Å². The van der Waals surface area contributed by atoms with Gasteiger partial charge in [-0.15, -0.1) is 0 Å². The monoisotopic (exact) mass is 325 g/mol. The fraction of sp³-hybridized carbons (Fsp3) is 0.500. The van der Waals surface area contributed by atoms with E-state index in [0.29, 0.717) is 12.3 Å². The minimum atomic E-state index is -0.769. The van der Waals surface area contributed by atoms with E-state index in [2.05, 4.69) is 10.6 Å². The summed E-state index contributed by atoms with van der Waals surface area (Å²) in [5.41, 5.74) is 0.0328. The summed E-state index contributed by atoms with van der Waals surface area (Å²) in [6, 6.07) is 2.77. The summed E-state index contributed by atoms with van der Waals surface area (Å²) in [5, 5.41) is 5.63. The number of carbonyl (C=O) groups is 2. The molecule has 0 radical (unpaired) electrons. The Balaban J connectivity index is 1.77. The summed E-state index contributed by atoms with van der Waals surface area (Å²) in [4.78, 5) is 25.2. The Morgan fingerprint density at radius 3 is 2.61 bits per heavy atom. The Morgan fingerprint density at radius 1 is 1.30 bits per heavy atom. The van der Waals surface area contributed by atoms with Gasteiger partial charge < -0.3 is 15.5 Å². The van der Waals surface area contributed by atoms with Crippen molar-refractivity contribution in [1.29, 1.82) is 0 Å². The molecule has 1 saturated heterocycles. The van der Waals surface area contributed by atoms with Crippen LogP contribution in [0.3, 0.4) is 0 Å². The molecule has 7 heteroatoms. The Labute approximate surface area is 134 Å². The predicted octanol–water partition coefficient (Wildman–Crippen LogP) is 1.75. The van der Waals surface area contributed by atoms with Gasteiger partial charge in [-0.2, -0.15) is 0 Å². The molecule has 2 N–H and O–H groups in total. The van der Waals surface area contributed by atoms with Gasteiger partial charge in [0, 0.05) is 25.2 Å². The van der Waals surface area contributed by atoms with Crippen LogP contribution in [0.25, 0.3) is 0 Å². The van der Waals surface area contributed by atoms with Crippen LogP contribution in [0.5, 0.6) is 0 Å². The maximum atomic E-state index is 13.1. The van der Waals surface area contributed by atoms with Crippen molar-refractivity contribution in [3.63, 3.8) is 0 Å². The summed E-state index contributed by atoms with van der Waals surface area (Å²) in [6.07, 6.45) is 2.26. The molecule has 1 aliphatic rings. The molecular weight excluding hydrogens is 304 g/mol. The molecule has 1 aliphatic heterocycles. The number of likely N-dealkylation sites (N-methyl/N-ethyl adjacent to an activating group) is 1. The zero-order valence-corrected chi connectivity index (χ0v) is 13.1. The molecular formula is C16H21F2N3O2. The molecule has 2 rings (SSSR count). The van der Waals surface area contributed by atoms with E-state index in [0.717, 1.165) is 44.1 Å². The molecule has 0 aliphatic carbocycles. The van der Waals surface area contributed by atoms with Gasteiger partial charge in [-0.25, -0.2) is 8.78 Å². The third-order valence-corrected chi connectivity index (χ3v) is 3.88. The maximum absolute atomic E-state index is 13.1. The van der Waals surface area contributed by atoms with Crippen LogP contribution in [0.15, 0.2) is 18.2 Å². The first-order chi connectivity index (χ1) is 10.9. The van der Waals surface area contributed by atoms with E-state index in [1.807, 2.05) is 0 Å². The second kappa shape index (κ2) is 8.01. The van der Waals surface area contributed by atoms with E-state index in [4.69, 9.17) is 0 Å². The molecule has 1 atom stereocenters. The van der Waals surface area contributed by atoms with Crippen LogP contribution >= 0.6 is 0 Å². The lowest BCUT2D eigenvalue weighted by Crippen LogP contribution is -2.35. The first kappa shape index (κ1) is 17.3. The van der Waals surface area contributed by atoms with Crippen molar-refractivity contribution in [2.75, 3.05) is 32.0 Å². The number of nitrogens with zero attached hydrogens (tertiary/aromatic N) is 1. The molecule has 2 amide bonds. The third kappa shape index (κ3) is 5.59. The van der Waals surface area contributed by atoms with Crippen molar-refractivity contribution < 1.29 is 18.4 Å². The van der Waals surface area contributed by atoms with Gasteiger partial charge >= 0.3 is 0 Å². The number of rotatable bonds is 6. The van der Waals surface area contributed by atoms with Crippen molar-refractivity contribution in [2.24, 2.45) is 5.92 Å². The second-order valence-electron chi connectivity index (χ2n) is 5.85. The molecule has 1 aromatic carbocycles. The van der Waals surface area contributed by atoms with Crippen molar-refractivity contribution in [1.82, 2.24) is 10.2 Å². The molecule has 0 saturated carbocycles. The lowest BCUT2D eigenvalue weighted by molar-refractivity contribution is -0.133.